The van der Waals surface area contributed by atoms with Crippen molar-refractivity contribution in [3.63, 3.8) is 0 Å². The summed E-state index contributed by atoms with van der Waals surface area (Å²) in [6, 6.07) is 5.49. The van der Waals surface area contributed by atoms with Crippen LogP contribution in [0.5, 0.6) is 0 Å². The minimum absolute atomic E-state index is 0.129. The predicted octanol–water partition coefficient (Wildman–Crippen LogP) is 2.50. The number of hydrogen-bond donors (Lipinski definition) is 3. The lowest BCUT2D eigenvalue weighted by molar-refractivity contribution is 0.178. The maximum atomic E-state index is 9.43. The Kier molecular flexibility index (Phi) is 3.56. The average Bonchev–Trinajstić information content (AvgIpc) is 2.63. The van der Waals surface area contributed by atoms with Gasteiger partial charge in [-0.1, -0.05) is 17.7 Å². The molecule has 2 rings (SSSR count). The van der Waals surface area contributed by atoms with Crippen molar-refractivity contribution in [1.29, 1.82) is 0 Å². The fraction of sp³-hybridized carbons (Fsp3) is 0.500. The van der Waals surface area contributed by atoms with Gasteiger partial charge in [0.1, 0.15) is 0 Å². The van der Waals surface area contributed by atoms with E-state index in [2.05, 4.69) is 5.32 Å². The summed E-state index contributed by atoms with van der Waals surface area (Å²) < 4.78 is 0. The SMILES string of the molecule is Nc1cccc(Cl)c1NCC1CCC(O)C1. The lowest BCUT2D eigenvalue weighted by atomic mass is 10.1. The van der Waals surface area contributed by atoms with Crippen molar-refractivity contribution in [2.45, 2.75) is 25.4 Å². The molecular formula is C12H17ClN2O. The second-order valence-corrected chi connectivity index (χ2v) is 4.83. The molecule has 3 nitrogen and oxygen atoms in total. The number of anilines is 2. The van der Waals surface area contributed by atoms with Crippen LogP contribution in [-0.4, -0.2) is 17.8 Å². The highest BCUT2D eigenvalue weighted by molar-refractivity contribution is 6.33. The van der Waals surface area contributed by atoms with Gasteiger partial charge in [-0.3, -0.25) is 0 Å². The molecule has 4 heteroatoms. The quantitative estimate of drug-likeness (QED) is 0.712. The number of para-hydroxylation sites is 1. The smallest absolute Gasteiger partial charge is 0.0763 e. The first-order valence-corrected chi connectivity index (χ1v) is 6.00. The van der Waals surface area contributed by atoms with Crippen molar-refractivity contribution in [2.75, 3.05) is 17.6 Å². The lowest BCUT2D eigenvalue weighted by Crippen LogP contribution is -2.13. The first-order valence-electron chi connectivity index (χ1n) is 5.62. The molecule has 0 bridgehead atoms. The summed E-state index contributed by atoms with van der Waals surface area (Å²) in [7, 11) is 0. The molecule has 2 atom stereocenters. The third kappa shape index (κ3) is 2.60. The van der Waals surface area contributed by atoms with Gasteiger partial charge in [0.15, 0.2) is 0 Å². The van der Waals surface area contributed by atoms with Crippen molar-refractivity contribution in [1.82, 2.24) is 0 Å². The monoisotopic (exact) mass is 240 g/mol. The molecule has 16 heavy (non-hydrogen) atoms. The minimum Gasteiger partial charge on any atom is -0.397 e. The van der Waals surface area contributed by atoms with E-state index in [0.717, 1.165) is 31.5 Å². The van der Waals surface area contributed by atoms with Gasteiger partial charge in [0.25, 0.3) is 0 Å². The van der Waals surface area contributed by atoms with Crippen molar-refractivity contribution < 1.29 is 5.11 Å². The number of aliphatic hydroxyl groups is 1. The van der Waals surface area contributed by atoms with E-state index in [1.54, 1.807) is 0 Å². The molecule has 0 aliphatic heterocycles. The molecule has 2 unspecified atom stereocenters. The van der Waals surface area contributed by atoms with Gasteiger partial charge in [0, 0.05) is 6.54 Å². The van der Waals surface area contributed by atoms with E-state index in [4.69, 9.17) is 17.3 Å². The Hall–Kier alpha value is -0.930. The van der Waals surface area contributed by atoms with Crippen LogP contribution in [0.15, 0.2) is 18.2 Å². The number of hydrogen-bond acceptors (Lipinski definition) is 3. The van der Waals surface area contributed by atoms with Crippen LogP contribution in [0.1, 0.15) is 19.3 Å². The van der Waals surface area contributed by atoms with Crippen molar-refractivity contribution in [2.24, 2.45) is 5.92 Å². The van der Waals surface area contributed by atoms with Crippen LogP contribution in [-0.2, 0) is 0 Å². The zero-order valence-corrected chi connectivity index (χ0v) is 9.87. The van der Waals surface area contributed by atoms with E-state index in [1.807, 2.05) is 18.2 Å². The minimum atomic E-state index is -0.129. The molecule has 1 aromatic rings. The molecule has 4 N–H and O–H groups in total. The van der Waals surface area contributed by atoms with E-state index in [1.165, 1.54) is 0 Å². The third-order valence-electron chi connectivity index (χ3n) is 3.13. The first-order chi connectivity index (χ1) is 7.66. The highest BCUT2D eigenvalue weighted by Gasteiger charge is 2.22. The Morgan fingerprint density at radius 2 is 2.25 bits per heavy atom. The fourth-order valence-corrected chi connectivity index (χ4v) is 2.46. The fourth-order valence-electron chi connectivity index (χ4n) is 2.21. The number of rotatable bonds is 3. The summed E-state index contributed by atoms with van der Waals surface area (Å²) >= 11 is 6.05. The van der Waals surface area contributed by atoms with Crippen LogP contribution >= 0.6 is 11.6 Å². The number of nitrogens with one attached hydrogen (secondary N) is 1. The van der Waals surface area contributed by atoms with Crippen molar-refractivity contribution in [3.8, 4) is 0 Å². The van der Waals surface area contributed by atoms with Gasteiger partial charge in [0.2, 0.25) is 0 Å². The van der Waals surface area contributed by atoms with Crippen LogP contribution in [0.25, 0.3) is 0 Å². The van der Waals surface area contributed by atoms with E-state index in [9.17, 15) is 5.11 Å². The number of nitrogens with two attached hydrogens (primary N) is 1. The molecule has 1 aromatic carbocycles. The summed E-state index contributed by atoms with van der Waals surface area (Å²) in [5.74, 6) is 0.519. The Morgan fingerprint density at radius 3 is 2.88 bits per heavy atom. The Balaban J connectivity index is 1.94. The Labute approximate surface area is 101 Å². The standard InChI is InChI=1S/C12H17ClN2O/c13-10-2-1-3-11(14)12(10)15-7-8-4-5-9(16)6-8/h1-3,8-9,15-16H,4-7,14H2. The maximum absolute atomic E-state index is 9.43. The molecule has 0 saturated heterocycles. The molecule has 1 saturated carbocycles. The number of benzene rings is 1. The summed E-state index contributed by atoms with van der Waals surface area (Å²) in [5, 5.41) is 13.4. The van der Waals surface area contributed by atoms with Gasteiger partial charge in [-0.05, 0) is 37.3 Å². The molecule has 0 heterocycles. The highest BCUT2D eigenvalue weighted by Crippen LogP contribution is 2.30. The molecule has 1 aliphatic carbocycles. The lowest BCUT2D eigenvalue weighted by Gasteiger charge is -2.14. The van der Waals surface area contributed by atoms with Crippen LogP contribution in [0.3, 0.4) is 0 Å². The van der Waals surface area contributed by atoms with Gasteiger partial charge in [-0.2, -0.15) is 0 Å². The number of nitrogen functional groups attached to an aromatic ring is 1. The van der Waals surface area contributed by atoms with Gasteiger partial charge in [-0.15, -0.1) is 0 Å². The molecule has 0 spiro atoms. The summed E-state index contributed by atoms with van der Waals surface area (Å²) in [6.07, 6.45) is 2.72. The largest absolute Gasteiger partial charge is 0.397 e. The summed E-state index contributed by atoms with van der Waals surface area (Å²) in [6.45, 7) is 0.824. The second kappa shape index (κ2) is 4.93. The average molecular weight is 241 g/mol. The zero-order valence-electron chi connectivity index (χ0n) is 9.12. The van der Waals surface area contributed by atoms with E-state index >= 15 is 0 Å². The molecular weight excluding hydrogens is 224 g/mol. The van der Waals surface area contributed by atoms with Crippen LogP contribution < -0.4 is 11.1 Å². The van der Waals surface area contributed by atoms with Gasteiger partial charge < -0.3 is 16.2 Å². The molecule has 88 valence electrons. The van der Waals surface area contributed by atoms with Crippen LogP contribution in [0, 0.1) is 5.92 Å². The Bertz CT molecular complexity index is 350. The van der Waals surface area contributed by atoms with Gasteiger partial charge >= 0.3 is 0 Å². The second-order valence-electron chi connectivity index (χ2n) is 4.42. The maximum Gasteiger partial charge on any atom is 0.0763 e. The van der Waals surface area contributed by atoms with Crippen LogP contribution in [0.2, 0.25) is 5.02 Å². The predicted molar refractivity (Wildman–Crippen MR) is 67.7 cm³/mol. The van der Waals surface area contributed by atoms with Gasteiger partial charge in [-0.25, -0.2) is 0 Å². The topological polar surface area (TPSA) is 58.3 Å². The Morgan fingerprint density at radius 1 is 1.44 bits per heavy atom. The van der Waals surface area contributed by atoms with Gasteiger partial charge in [0.05, 0.1) is 22.5 Å². The van der Waals surface area contributed by atoms with E-state index in [0.29, 0.717) is 16.6 Å². The molecule has 0 radical (unpaired) electrons. The van der Waals surface area contributed by atoms with E-state index < -0.39 is 0 Å². The van der Waals surface area contributed by atoms with Crippen LogP contribution in [0.4, 0.5) is 11.4 Å². The molecule has 0 aromatic heterocycles. The van der Waals surface area contributed by atoms with E-state index in [-0.39, 0.29) is 6.10 Å². The normalized spacial score (nSPS) is 24.6. The zero-order chi connectivity index (χ0) is 11.5. The number of aliphatic hydroxyl groups excluding tert-OH is 1. The molecule has 1 fully saturated rings. The third-order valence-corrected chi connectivity index (χ3v) is 3.44. The summed E-state index contributed by atoms with van der Waals surface area (Å²) in [5.41, 5.74) is 7.32. The highest BCUT2D eigenvalue weighted by atomic mass is 35.5. The summed E-state index contributed by atoms with van der Waals surface area (Å²) in [4.78, 5) is 0. The molecule has 0 amide bonds. The van der Waals surface area contributed by atoms with Crippen molar-refractivity contribution >= 4 is 23.0 Å². The van der Waals surface area contributed by atoms with Crippen molar-refractivity contribution in [3.05, 3.63) is 23.2 Å². The number of halogens is 1. The first kappa shape index (κ1) is 11.6. The molecule has 1 aliphatic rings.